The first kappa shape index (κ1) is 22.0. The SMILES string of the molecule is CCCC[Si](Cl)(CCCC)O[Si](Cl)(CCCC)CCCC. The maximum absolute atomic E-state index is 7.01. The third-order valence-electron chi connectivity index (χ3n) is 3.98. The highest BCUT2D eigenvalue weighted by Crippen LogP contribution is 2.37. The van der Waals surface area contributed by atoms with Gasteiger partial charge in [0.25, 0.3) is 15.3 Å². The van der Waals surface area contributed by atoms with Crippen LogP contribution in [-0.4, -0.2) is 15.3 Å². The molecule has 0 fully saturated rings. The van der Waals surface area contributed by atoms with E-state index in [1.54, 1.807) is 0 Å². The lowest BCUT2D eigenvalue weighted by molar-refractivity contribution is 0.530. The van der Waals surface area contributed by atoms with E-state index in [-0.39, 0.29) is 0 Å². The topological polar surface area (TPSA) is 9.23 Å². The highest BCUT2D eigenvalue weighted by atomic mass is 35.6. The Morgan fingerprint density at radius 3 is 1.00 bits per heavy atom. The Hall–Kier alpha value is 0.974. The summed E-state index contributed by atoms with van der Waals surface area (Å²) in [6, 6.07) is 4.30. The monoisotopic (exact) mass is 370 g/mol. The molecule has 0 radical (unpaired) electrons. The average Bonchev–Trinajstić information content (AvgIpc) is 2.47. The second-order valence-corrected chi connectivity index (χ2v) is 16.8. The van der Waals surface area contributed by atoms with Crippen molar-refractivity contribution in [2.45, 2.75) is 103 Å². The third-order valence-corrected chi connectivity index (χ3v) is 15.0. The molecule has 0 N–H and O–H groups in total. The molecule has 0 aliphatic rings. The van der Waals surface area contributed by atoms with E-state index in [1.165, 1.54) is 51.4 Å². The van der Waals surface area contributed by atoms with Crippen molar-refractivity contribution in [1.82, 2.24) is 0 Å². The van der Waals surface area contributed by atoms with Crippen LogP contribution in [0, 0.1) is 0 Å². The quantitative estimate of drug-likeness (QED) is 0.226. The highest BCUT2D eigenvalue weighted by Gasteiger charge is 2.42. The molecule has 0 spiro atoms. The summed E-state index contributed by atoms with van der Waals surface area (Å²) in [6.07, 6.45) is 9.50. The fourth-order valence-corrected chi connectivity index (χ4v) is 15.4. The van der Waals surface area contributed by atoms with Crippen molar-refractivity contribution in [2.75, 3.05) is 0 Å². The van der Waals surface area contributed by atoms with E-state index >= 15 is 0 Å². The van der Waals surface area contributed by atoms with Gasteiger partial charge >= 0.3 is 0 Å². The molecule has 128 valence electrons. The van der Waals surface area contributed by atoms with Gasteiger partial charge in [0.15, 0.2) is 0 Å². The van der Waals surface area contributed by atoms with Crippen molar-refractivity contribution in [3.8, 4) is 0 Å². The molecule has 0 aromatic carbocycles. The van der Waals surface area contributed by atoms with Crippen LogP contribution in [0.15, 0.2) is 0 Å². The van der Waals surface area contributed by atoms with Crippen LogP contribution >= 0.6 is 22.2 Å². The third kappa shape index (κ3) is 10.4. The molecule has 0 heterocycles. The van der Waals surface area contributed by atoms with Crippen LogP contribution in [0.2, 0.25) is 24.2 Å². The average molecular weight is 372 g/mol. The van der Waals surface area contributed by atoms with Gasteiger partial charge in [-0.2, -0.15) is 0 Å². The van der Waals surface area contributed by atoms with Crippen LogP contribution in [0.1, 0.15) is 79.1 Å². The van der Waals surface area contributed by atoms with E-state index in [1.807, 2.05) is 0 Å². The summed E-state index contributed by atoms with van der Waals surface area (Å²) in [5.41, 5.74) is 0. The van der Waals surface area contributed by atoms with Gasteiger partial charge in [0.05, 0.1) is 0 Å². The summed E-state index contributed by atoms with van der Waals surface area (Å²) < 4.78 is 6.64. The predicted molar refractivity (Wildman–Crippen MR) is 103 cm³/mol. The van der Waals surface area contributed by atoms with Crippen LogP contribution in [0.4, 0.5) is 0 Å². The molecular formula is C16H36Cl2OSi2. The Balaban J connectivity index is 4.80. The smallest absolute Gasteiger partial charge is 0.280 e. The normalized spacial score (nSPS) is 12.9. The first-order valence-electron chi connectivity index (χ1n) is 9.03. The number of hydrogen-bond acceptors (Lipinski definition) is 1. The summed E-state index contributed by atoms with van der Waals surface area (Å²) in [7, 11) is -4.25. The molecule has 0 unspecified atom stereocenters. The zero-order valence-corrected chi connectivity index (χ0v) is 18.2. The largest absolute Gasteiger partial charge is 0.433 e. The Morgan fingerprint density at radius 2 is 0.810 bits per heavy atom. The van der Waals surface area contributed by atoms with Gasteiger partial charge in [0.2, 0.25) is 0 Å². The van der Waals surface area contributed by atoms with E-state index in [4.69, 9.17) is 26.3 Å². The summed E-state index contributed by atoms with van der Waals surface area (Å²) >= 11 is 14.0. The molecule has 1 nitrogen and oxygen atoms in total. The molecule has 0 bridgehead atoms. The van der Waals surface area contributed by atoms with E-state index in [0.29, 0.717) is 0 Å². The second kappa shape index (κ2) is 12.4. The molecule has 0 saturated heterocycles. The van der Waals surface area contributed by atoms with Crippen molar-refractivity contribution in [1.29, 1.82) is 0 Å². The first-order valence-corrected chi connectivity index (χ1v) is 15.7. The Morgan fingerprint density at radius 1 is 0.571 bits per heavy atom. The molecule has 0 aromatic heterocycles. The Kier molecular flexibility index (Phi) is 13.0. The van der Waals surface area contributed by atoms with Gasteiger partial charge in [-0.05, 0) is 24.2 Å². The van der Waals surface area contributed by atoms with Crippen molar-refractivity contribution < 1.29 is 4.12 Å². The van der Waals surface area contributed by atoms with Crippen molar-refractivity contribution in [2.24, 2.45) is 0 Å². The number of unbranched alkanes of at least 4 members (excludes halogenated alkanes) is 4. The number of rotatable bonds is 14. The van der Waals surface area contributed by atoms with Crippen LogP contribution < -0.4 is 0 Å². The molecule has 5 heteroatoms. The van der Waals surface area contributed by atoms with Gasteiger partial charge in [-0.15, -0.1) is 22.2 Å². The number of hydrogen-bond donors (Lipinski definition) is 0. The minimum Gasteiger partial charge on any atom is -0.433 e. The molecule has 0 aromatic rings. The maximum atomic E-state index is 7.01. The second-order valence-electron chi connectivity index (χ2n) is 6.28. The van der Waals surface area contributed by atoms with Crippen molar-refractivity contribution in [3.63, 3.8) is 0 Å². The van der Waals surface area contributed by atoms with Gasteiger partial charge < -0.3 is 4.12 Å². The lowest BCUT2D eigenvalue weighted by Gasteiger charge is -2.35. The maximum Gasteiger partial charge on any atom is 0.280 e. The van der Waals surface area contributed by atoms with Crippen LogP contribution in [0.5, 0.6) is 0 Å². The molecule has 0 amide bonds. The van der Waals surface area contributed by atoms with Gasteiger partial charge in [0, 0.05) is 0 Å². The minimum absolute atomic E-state index is 1.07. The molecular weight excluding hydrogens is 335 g/mol. The predicted octanol–water partition coefficient (Wildman–Crippen LogP) is 7.57. The standard InChI is InChI=1S/C16H36Cl2OSi2/c1-5-9-13-20(17,14-10-6-2)19-21(18,15-11-7-3)16-12-8-4/h5-16H2,1-4H3. The Bertz CT molecular complexity index is 212. The molecule has 21 heavy (non-hydrogen) atoms. The van der Waals surface area contributed by atoms with Crippen LogP contribution in [0.25, 0.3) is 0 Å². The van der Waals surface area contributed by atoms with Gasteiger partial charge in [0.1, 0.15) is 0 Å². The lowest BCUT2D eigenvalue weighted by atomic mass is 10.4. The van der Waals surface area contributed by atoms with E-state index in [2.05, 4.69) is 27.7 Å². The van der Waals surface area contributed by atoms with Crippen molar-refractivity contribution in [3.05, 3.63) is 0 Å². The van der Waals surface area contributed by atoms with E-state index < -0.39 is 15.3 Å². The summed E-state index contributed by atoms with van der Waals surface area (Å²) in [6.45, 7) is 8.91. The molecule has 0 rings (SSSR count). The fraction of sp³-hybridized carbons (Fsp3) is 1.00. The zero-order chi connectivity index (χ0) is 16.2. The van der Waals surface area contributed by atoms with E-state index in [9.17, 15) is 0 Å². The van der Waals surface area contributed by atoms with Crippen LogP contribution in [-0.2, 0) is 4.12 Å². The van der Waals surface area contributed by atoms with Crippen LogP contribution in [0.3, 0.4) is 0 Å². The molecule has 0 aliphatic heterocycles. The number of halogens is 2. The Labute approximate surface area is 144 Å². The minimum atomic E-state index is -2.12. The zero-order valence-electron chi connectivity index (χ0n) is 14.6. The summed E-state index contributed by atoms with van der Waals surface area (Å²) in [5, 5.41) is 0. The summed E-state index contributed by atoms with van der Waals surface area (Å²) in [5.74, 6) is 0. The molecule has 0 aliphatic carbocycles. The van der Waals surface area contributed by atoms with Crippen molar-refractivity contribution >= 4 is 37.4 Å². The van der Waals surface area contributed by atoms with Gasteiger partial charge in [-0.1, -0.05) is 79.1 Å². The fourth-order valence-electron chi connectivity index (χ4n) is 2.54. The molecule has 0 saturated carbocycles. The van der Waals surface area contributed by atoms with E-state index in [0.717, 1.165) is 24.2 Å². The molecule has 0 atom stereocenters. The van der Waals surface area contributed by atoms with Gasteiger partial charge in [-0.3, -0.25) is 0 Å². The highest BCUT2D eigenvalue weighted by molar-refractivity contribution is 7.26. The van der Waals surface area contributed by atoms with Gasteiger partial charge in [-0.25, -0.2) is 0 Å². The first-order chi connectivity index (χ1) is 9.95. The summed E-state index contributed by atoms with van der Waals surface area (Å²) in [4.78, 5) is 0. The lowest BCUT2D eigenvalue weighted by Crippen LogP contribution is -2.45.